The third-order valence-corrected chi connectivity index (χ3v) is 7.61. The molecule has 0 bridgehead atoms. The smallest absolute Gasteiger partial charge is 1.00 e. The maximum atomic E-state index is 3.70. The largest absolute Gasteiger partial charge is 3.00 e. The first-order valence-electron chi connectivity index (χ1n) is 13.3. The van der Waals surface area contributed by atoms with E-state index in [1.807, 2.05) is 0 Å². The summed E-state index contributed by atoms with van der Waals surface area (Å²) in [6, 6.07) is 28.5. The summed E-state index contributed by atoms with van der Waals surface area (Å²) < 4.78 is 0. The van der Waals surface area contributed by atoms with E-state index in [-0.39, 0.29) is 51.0 Å². The number of allylic oxidation sites excluding steroid dienone is 1. The van der Waals surface area contributed by atoms with Crippen LogP contribution in [0.1, 0.15) is 63.8 Å². The fourth-order valence-electron chi connectivity index (χ4n) is 6.31. The van der Waals surface area contributed by atoms with Crippen LogP contribution in [0.5, 0.6) is 0 Å². The third kappa shape index (κ3) is 6.15. The summed E-state index contributed by atoms with van der Waals surface area (Å²) in [6.07, 6.45) is 4.54. The first-order chi connectivity index (χ1) is 17.5. The van der Waals surface area contributed by atoms with Gasteiger partial charge in [-0.3, -0.25) is 0 Å². The molecule has 6 rings (SSSR count). The van der Waals surface area contributed by atoms with Gasteiger partial charge < -0.3 is 24.8 Å². The number of benzene rings is 4. The van der Waals surface area contributed by atoms with Crippen LogP contribution in [0.3, 0.4) is 0 Å². The van der Waals surface area contributed by atoms with Crippen molar-refractivity contribution in [3.05, 3.63) is 123 Å². The van der Waals surface area contributed by atoms with Gasteiger partial charge in [0, 0.05) is 15.4 Å². The van der Waals surface area contributed by atoms with Crippen molar-refractivity contribution in [3.63, 3.8) is 0 Å². The summed E-state index contributed by atoms with van der Waals surface area (Å²) in [5.41, 5.74) is 18.2. The van der Waals surface area contributed by atoms with Crippen LogP contribution in [0.25, 0.3) is 28.3 Å². The molecule has 39 heavy (non-hydrogen) atoms. The Balaban J connectivity index is 0.000000852. The maximum Gasteiger partial charge on any atom is 3.00 e. The summed E-state index contributed by atoms with van der Waals surface area (Å²) in [7, 11) is 0.750. The second kappa shape index (κ2) is 14.3. The van der Waals surface area contributed by atoms with Gasteiger partial charge in [-0.1, -0.05) is 91.8 Å². The number of fused-ring (bicyclic) bond motifs is 4. The van der Waals surface area contributed by atoms with Gasteiger partial charge >= 0.3 is 26.2 Å². The first-order valence-corrected chi connectivity index (χ1v) is 15.6. The van der Waals surface area contributed by atoms with Gasteiger partial charge in [0.05, 0.1) is 0 Å². The molecule has 4 aromatic rings. The van der Waals surface area contributed by atoms with E-state index in [2.05, 4.69) is 120 Å². The van der Waals surface area contributed by atoms with E-state index in [1.165, 1.54) is 72.3 Å². The molecule has 4 aromatic carbocycles. The Kier molecular flexibility index (Phi) is 12.3. The van der Waals surface area contributed by atoms with Crippen molar-refractivity contribution < 1.29 is 51.0 Å². The first kappa shape index (κ1) is 33.5. The van der Waals surface area contributed by atoms with Gasteiger partial charge in [0.2, 0.25) is 0 Å². The summed E-state index contributed by atoms with van der Waals surface area (Å²) in [5.74, 6) is 0.292. The third-order valence-electron chi connectivity index (χ3n) is 7.61. The van der Waals surface area contributed by atoms with Crippen LogP contribution in [-0.2, 0) is 32.6 Å². The Hall–Kier alpha value is -1.70. The van der Waals surface area contributed by atoms with Crippen LogP contribution in [0.15, 0.2) is 72.3 Å². The van der Waals surface area contributed by atoms with Gasteiger partial charge in [-0.15, -0.1) is 16.7 Å². The normalized spacial score (nSPS) is 13.8. The van der Waals surface area contributed by atoms with Gasteiger partial charge in [-0.25, -0.2) is 0 Å². The predicted molar refractivity (Wildman–Crippen MR) is 159 cm³/mol. The molecule has 1 atom stereocenters. The molecule has 2 aliphatic rings. The van der Waals surface area contributed by atoms with Gasteiger partial charge in [0.15, 0.2) is 0 Å². The molecule has 2 aliphatic carbocycles. The maximum absolute atomic E-state index is 3.70. The van der Waals surface area contributed by atoms with Crippen molar-refractivity contribution in [2.24, 2.45) is 0 Å². The summed E-state index contributed by atoms with van der Waals surface area (Å²) >= 11 is 0. The van der Waals surface area contributed by atoms with Crippen molar-refractivity contribution in [2.75, 3.05) is 0 Å². The molecule has 0 aliphatic heterocycles. The number of rotatable bonds is 3. The Morgan fingerprint density at radius 3 is 2.15 bits per heavy atom. The zero-order valence-corrected chi connectivity index (χ0v) is 28.9. The molecule has 0 heterocycles. The second-order valence-corrected chi connectivity index (χ2v) is 11.4. The van der Waals surface area contributed by atoms with Crippen molar-refractivity contribution >= 4 is 15.6 Å². The summed E-state index contributed by atoms with van der Waals surface area (Å²) in [6.45, 7) is 13.4. The van der Waals surface area contributed by atoms with Crippen molar-refractivity contribution in [3.8, 4) is 22.3 Å². The molecular formula is C35H36Cl2SiZr. The van der Waals surface area contributed by atoms with Gasteiger partial charge in [0.1, 0.15) is 0 Å². The number of hydrogen-bond acceptors (Lipinski definition) is 0. The molecule has 0 fully saturated rings. The Labute approximate surface area is 269 Å². The molecule has 4 heteroatoms. The summed E-state index contributed by atoms with van der Waals surface area (Å²) in [5, 5.41) is 0. The van der Waals surface area contributed by atoms with Crippen molar-refractivity contribution in [1.82, 2.24) is 0 Å². The number of aryl methyl sites for hydroxylation is 3. The molecule has 2 radical (unpaired) electrons. The predicted octanol–water partition coefficient (Wildman–Crippen LogP) is 3.11. The zero-order chi connectivity index (χ0) is 25.4. The standard InChI is InChI=1S/C33H29.C2H7Si.2ClH.Zr/c1-5-23-18-31-27(32-21(3)16-20(2)17-22(32)4)13-9-15-29(31)33(23)28-14-8-12-26-25-11-7-6-10-24(25)19-30(26)28;1-3-2;;;/h6-13,15-18,33H,5,19H2,1-4H3;3H,1-2H3;2*1H;/q-1;;;;+3/p-2. The quantitative estimate of drug-likeness (QED) is 0.209. The zero-order valence-electron chi connectivity index (χ0n) is 23.8. The second-order valence-electron chi connectivity index (χ2n) is 10.3. The van der Waals surface area contributed by atoms with E-state index in [4.69, 9.17) is 0 Å². The van der Waals surface area contributed by atoms with E-state index in [0.717, 1.165) is 22.4 Å². The molecule has 0 N–H and O–H groups in total. The average molecular weight is 647 g/mol. The van der Waals surface area contributed by atoms with Crippen LogP contribution in [0.2, 0.25) is 13.1 Å². The molecule has 0 amide bonds. The molecule has 0 saturated carbocycles. The molecule has 198 valence electrons. The number of hydrogen-bond donors (Lipinski definition) is 0. The molecule has 0 saturated heterocycles. The Morgan fingerprint density at radius 1 is 0.846 bits per heavy atom. The Bertz CT molecular complexity index is 1470. The van der Waals surface area contributed by atoms with E-state index in [9.17, 15) is 0 Å². The minimum atomic E-state index is 0. The topological polar surface area (TPSA) is 0 Å². The molecule has 0 spiro atoms. The minimum Gasteiger partial charge on any atom is -1.00 e. The van der Waals surface area contributed by atoms with Crippen molar-refractivity contribution in [2.45, 2.75) is 59.5 Å². The average Bonchev–Trinajstić information content (AvgIpc) is 3.43. The molecular weight excluding hydrogens is 611 g/mol. The van der Waals surface area contributed by atoms with Crippen LogP contribution in [0.4, 0.5) is 0 Å². The SMILES string of the molecule is CCC1=Cc2c(-c3c(C)cc(C)cc3C)cccc2C1c1[c-]ccc2c1Cc1ccccc1-2.C[SiH]C.[Cl-].[Cl-].[Zr+3]. The fraction of sp³-hybridized carbons (Fsp3) is 0.257. The van der Waals surface area contributed by atoms with Gasteiger partial charge in [-0.05, 0) is 78.1 Å². The monoisotopic (exact) mass is 644 g/mol. The van der Waals surface area contributed by atoms with Gasteiger partial charge in [-0.2, -0.15) is 18.2 Å². The van der Waals surface area contributed by atoms with E-state index in [0.29, 0.717) is 5.92 Å². The number of halogens is 2. The molecule has 0 aromatic heterocycles. The van der Waals surface area contributed by atoms with E-state index < -0.39 is 0 Å². The van der Waals surface area contributed by atoms with E-state index in [1.54, 1.807) is 0 Å². The Morgan fingerprint density at radius 2 is 1.49 bits per heavy atom. The van der Waals surface area contributed by atoms with Crippen LogP contribution < -0.4 is 24.8 Å². The van der Waals surface area contributed by atoms with Crippen LogP contribution in [-0.4, -0.2) is 9.52 Å². The summed E-state index contributed by atoms with van der Waals surface area (Å²) in [4.78, 5) is 0. The molecule has 1 unspecified atom stereocenters. The van der Waals surface area contributed by atoms with E-state index >= 15 is 0 Å². The van der Waals surface area contributed by atoms with Crippen LogP contribution in [0, 0.1) is 26.8 Å². The molecule has 0 nitrogen and oxygen atoms in total. The van der Waals surface area contributed by atoms with Crippen molar-refractivity contribution in [1.29, 1.82) is 0 Å². The minimum absolute atomic E-state index is 0. The van der Waals surface area contributed by atoms with Gasteiger partial charge in [0.25, 0.3) is 0 Å². The van der Waals surface area contributed by atoms with Crippen LogP contribution >= 0.6 is 0 Å². The fourth-order valence-corrected chi connectivity index (χ4v) is 6.31.